The van der Waals surface area contributed by atoms with Gasteiger partial charge in [-0.25, -0.2) is 4.39 Å². The number of phenols is 1. The Morgan fingerprint density at radius 2 is 1.74 bits per heavy atom. The van der Waals surface area contributed by atoms with Gasteiger partial charge in [-0.2, -0.15) is 0 Å². The Hall–Kier alpha value is -4.26. The van der Waals surface area contributed by atoms with Crippen molar-refractivity contribution in [1.29, 1.82) is 0 Å². The van der Waals surface area contributed by atoms with Crippen molar-refractivity contribution in [3.63, 3.8) is 0 Å². The summed E-state index contributed by atoms with van der Waals surface area (Å²) in [5.74, 6) is -7.23. The third-order valence-corrected chi connectivity index (χ3v) is 8.82. The van der Waals surface area contributed by atoms with Crippen molar-refractivity contribution in [3.8, 4) is 5.75 Å². The SMILES string of the molecule is CN(C)c1cc(CNCc2ccc(F)cc2)c(O)c2c1CC1CC3[C@H](N(C)C)C(=O)C(C(N)=O)=C(O)[C@@]3(O)C(=O)C1=C2O. The van der Waals surface area contributed by atoms with Crippen molar-refractivity contribution in [3.05, 3.63) is 75.3 Å². The number of fused-ring (bicyclic) bond motifs is 3. The molecule has 3 aliphatic carbocycles. The number of phenolic OH excluding ortho intramolecular Hbond substituents is 1. The van der Waals surface area contributed by atoms with Crippen LogP contribution in [-0.4, -0.2) is 82.6 Å². The zero-order chi connectivity index (χ0) is 31.5. The Balaban J connectivity index is 1.61. The number of nitrogens with one attached hydrogen (secondary N) is 1. The lowest BCUT2D eigenvalue weighted by molar-refractivity contribution is -0.153. The number of likely N-dealkylation sites (N-methyl/N-ethyl adjacent to an activating group) is 1. The Kier molecular flexibility index (Phi) is 7.57. The molecule has 7 N–H and O–H groups in total. The second kappa shape index (κ2) is 10.8. The van der Waals surface area contributed by atoms with Crippen LogP contribution < -0.4 is 16.0 Å². The van der Waals surface area contributed by atoms with E-state index in [1.54, 1.807) is 46.4 Å². The predicted octanol–water partition coefficient (Wildman–Crippen LogP) is 1.46. The molecule has 0 radical (unpaired) electrons. The predicted molar refractivity (Wildman–Crippen MR) is 156 cm³/mol. The number of carbonyl (C=O) groups is 3. The first-order valence-corrected chi connectivity index (χ1v) is 13.8. The van der Waals surface area contributed by atoms with Gasteiger partial charge >= 0.3 is 0 Å². The molecule has 4 atom stereocenters. The number of Topliss-reactive ketones (excluding diaryl/α,β-unsaturated/α-hetero) is 2. The minimum absolute atomic E-state index is 0.0143. The highest BCUT2D eigenvalue weighted by molar-refractivity contribution is 6.24. The minimum Gasteiger partial charge on any atom is -0.508 e. The van der Waals surface area contributed by atoms with Gasteiger partial charge in [0.25, 0.3) is 5.91 Å². The lowest BCUT2D eigenvalue weighted by Crippen LogP contribution is -2.65. The lowest BCUT2D eigenvalue weighted by Gasteiger charge is -2.50. The van der Waals surface area contributed by atoms with Crippen LogP contribution in [0.3, 0.4) is 0 Å². The number of aliphatic hydroxyl groups excluding tert-OH is 2. The van der Waals surface area contributed by atoms with Crippen LogP contribution in [0.5, 0.6) is 5.75 Å². The number of amides is 1. The number of benzene rings is 2. The van der Waals surface area contributed by atoms with E-state index in [0.717, 1.165) is 5.56 Å². The van der Waals surface area contributed by atoms with E-state index in [-0.39, 0.29) is 42.1 Å². The number of hydrogen-bond acceptors (Lipinski definition) is 10. The highest BCUT2D eigenvalue weighted by Crippen LogP contribution is 2.54. The van der Waals surface area contributed by atoms with E-state index in [9.17, 15) is 39.2 Å². The average Bonchev–Trinajstić information content (AvgIpc) is 2.92. The Labute approximate surface area is 247 Å². The standard InChI is InChI=1S/C31H35FN4O7/c1-35(2)20-11-16(13-34-12-14-5-7-17(32)8-6-14)25(37)22-18(20)9-15-10-19-24(36(3)4)27(39)23(30(33)42)29(41)31(19,43)28(40)21(15)26(22)38/h5-8,11,15,19,24,34,37-38,41,43H,9-10,12-13H2,1-4H3,(H2,33,42)/t15?,19?,24-,31-/m0/s1. The van der Waals surface area contributed by atoms with E-state index >= 15 is 0 Å². The number of nitrogens with zero attached hydrogens (tertiary/aromatic N) is 2. The van der Waals surface area contributed by atoms with Crippen molar-refractivity contribution in [2.45, 2.75) is 37.6 Å². The Morgan fingerprint density at radius 3 is 2.33 bits per heavy atom. The number of anilines is 1. The zero-order valence-electron chi connectivity index (χ0n) is 24.3. The summed E-state index contributed by atoms with van der Waals surface area (Å²) >= 11 is 0. The maximum absolute atomic E-state index is 14.1. The molecule has 228 valence electrons. The highest BCUT2D eigenvalue weighted by Gasteiger charge is 2.64. The number of rotatable bonds is 7. The monoisotopic (exact) mass is 594 g/mol. The normalized spacial score (nSPS) is 25.0. The third-order valence-electron chi connectivity index (χ3n) is 8.82. The first-order chi connectivity index (χ1) is 20.2. The first kappa shape index (κ1) is 30.2. The number of ketones is 2. The molecule has 0 saturated heterocycles. The van der Waals surface area contributed by atoms with E-state index in [1.807, 2.05) is 4.90 Å². The molecule has 43 heavy (non-hydrogen) atoms. The van der Waals surface area contributed by atoms with E-state index in [2.05, 4.69) is 5.32 Å². The van der Waals surface area contributed by atoms with Crippen LogP contribution in [0.25, 0.3) is 5.76 Å². The van der Waals surface area contributed by atoms with Gasteiger partial charge in [-0.1, -0.05) is 12.1 Å². The van der Waals surface area contributed by atoms with Gasteiger partial charge in [0, 0.05) is 49.9 Å². The van der Waals surface area contributed by atoms with Gasteiger partial charge in [-0.05, 0) is 62.2 Å². The molecule has 2 aromatic rings. The lowest BCUT2D eigenvalue weighted by atomic mass is 9.57. The molecule has 1 amide bonds. The van der Waals surface area contributed by atoms with Crippen molar-refractivity contribution >= 4 is 28.9 Å². The molecule has 11 nitrogen and oxygen atoms in total. The van der Waals surface area contributed by atoms with E-state index < -0.39 is 58.0 Å². The number of primary amides is 1. The fourth-order valence-corrected chi connectivity index (χ4v) is 6.82. The maximum atomic E-state index is 14.1. The molecule has 12 heteroatoms. The fraction of sp³-hybridized carbons (Fsp3) is 0.387. The van der Waals surface area contributed by atoms with Crippen LogP contribution in [0, 0.1) is 17.7 Å². The number of hydrogen-bond donors (Lipinski definition) is 6. The first-order valence-electron chi connectivity index (χ1n) is 13.8. The van der Waals surface area contributed by atoms with E-state index in [4.69, 9.17) is 5.73 Å². The van der Waals surface area contributed by atoms with Crippen LogP contribution in [0.2, 0.25) is 0 Å². The summed E-state index contributed by atoms with van der Waals surface area (Å²) in [4.78, 5) is 42.8. The molecule has 2 aromatic carbocycles. The summed E-state index contributed by atoms with van der Waals surface area (Å²) in [6.45, 7) is 0.539. The molecule has 5 rings (SSSR count). The molecule has 1 saturated carbocycles. The second-order valence-electron chi connectivity index (χ2n) is 11.8. The molecule has 0 aromatic heterocycles. The third kappa shape index (κ3) is 4.66. The molecule has 0 heterocycles. The Morgan fingerprint density at radius 1 is 1.09 bits per heavy atom. The minimum atomic E-state index is -2.70. The van der Waals surface area contributed by atoms with Gasteiger partial charge in [0.2, 0.25) is 5.78 Å². The van der Waals surface area contributed by atoms with Gasteiger partial charge in [0.15, 0.2) is 11.4 Å². The molecule has 0 spiro atoms. The van der Waals surface area contributed by atoms with Crippen LogP contribution in [0.1, 0.15) is 28.7 Å². The van der Waals surface area contributed by atoms with Crippen molar-refractivity contribution in [2.24, 2.45) is 17.6 Å². The molecular weight excluding hydrogens is 559 g/mol. The topological polar surface area (TPSA) is 177 Å². The Bertz CT molecular complexity index is 1600. The van der Waals surface area contributed by atoms with Gasteiger partial charge in [-0.3, -0.25) is 19.3 Å². The number of nitrogens with two attached hydrogens (primary N) is 1. The van der Waals surface area contributed by atoms with Crippen LogP contribution >= 0.6 is 0 Å². The van der Waals surface area contributed by atoms with Gasteiger partial charge in [-0.15, -0.1) is 0 Å². The molecule has 2 unspecified atom stereocenters. The molecule has 1 fully saturated rings. The average molecular weight is 595 g/mol. The van der Waals surface area contributed by atoms with Gasteiger partial charge in [0.05, 0.1) is 11.6 Å². The van der Waals surface area contributed by atoms with E-state index in [1.165, 1.54) is 17.0 Å². The summed E-state index contributed by atoms with van der Waals surface area (Å²) in [7, 11) is 6.72. The number of aromatic hydroxyl groups is 1. The summed E-state index contributed by atoms with van der Waals surface area (Å²) in [5, 5.41) is 49.0. The summed E-state index contributed by atoms with van der Waals surface area (Å²) in [5.41, 5.74) is 4.17. The van der Waals surface area contributed by atoms with Crippen molar-refractivity contribution in [1.82, 2.24) is 10.2 Å². The van der Waals surface area contributed by atoms with Gasteiger partial charge < -0.3 is 36.4 Å². The molecule has 3 aliphatic rings. The summed E-state index contributed by atoms with van der Waals surface area (Å²) in [6.07, 6.45) is 0.208. The van der Waals surface area contributed by atoms with Crippen LogP contribution in [-0.2, 0) is 33.9 Å². The highest BCUT2D eigenvalue weighted by atomic mass is 19.1. The second-order valence-corrected chi connectivity index (χ2v) is 11.8. The summed E-state index contributed by atoms with van der Waals surface area (Å²) in [6, 6.07) is 6.60. The smallest absolute Gasteiger partial charge is 0.255 e. The fourth-order valence-electron chi connectivity index (χ4n) is 6.82. The summed E-state index contributed by atoms with van der Waals surface area (Å²) < 4.78 is 13.3. The van der Waals surface area contributed by atoms with Crippen molar-refractivity contribution in [2.75, 3.05) is 33.1 Å². The molecule has 0 bridgehead atoms. The number of carbonyl (C=O) groups excluding carboxylic acids is 3. The molecular formula is C31H35FN4O7. The number of aliphatic hydroxyl groups is 3. The quantitative estimate of drug-likeness (QED) is 0.257. The largest absolute Gasteiger partial charge is 0.508 e. The van der Waals surface area contributed by atoms with E-state index in [0.29, 0.717) is 23.4 Å². The van der Waals surface area contributed by atoms with Crippen LogP contribution in [0.15, 0.2) is 47.2 Å². The number of halogens is 1. The maximum Gasteiger partial charge on any atom is 0.255 e. The van der Waals surface area contributed by atoms with Crippen molar-refractivity contribution < 1.29 is 39.2 Å². The molecule has 0 aliphatic heterocycles. The zero-order valence-corrected chi connectivity index (χ0v) is 24.3. The van der Waals surface area contributed by atoms with Gasteiger partial charge in [0.1, 0.15) is 28.7 Å². The van der Waals surface area contributed by atoms with Crippen LogP contribution in [0.4, 0.5) is 10.1 Å².